The molecule has 0 aromatic heterocycles. The first-order valence-electron chi connectivity index (χ1n) is 11.5. The van der Waals surface area contributed by atoms with Gasteiger partial charge in [0.05, 0.1) is 0 Å². The fourth-order valence-corrected chi connectivity index (χ4v) is 6.04. The number of piperidine rings is 1. The first kappa shape index (κ1) is 23.7. The summed E-state index contributed by atoms with van der Waals surface area (Å²) in [6.45, 7) is 5.66. The lowest BCUT2D eigenvalue weighted by atomic mass is 9.97. The molecule has 0 aliphatic carbocycles. The summed E-state index contributed by atoms with van der Waals surface area (Å²) in [5.74, 6) is -0.991. The van der Waals surface area contributed by atoms with Gasteiger partial charge in [0.15, 0.2) is 0 Å². The molecule has 2 aliphatic heterocycles. The molecule has 4 rings (SSSR count). The molecule has 178 valence electrons. The number of halogens is 1. The fraction of sp³-hybridized carbons (Fsp3) is 0.458. The Morgan fingerprint density at radius 1 is 0.909 bits per heavy atom. The first-order valence-corrected chi connectivity index (χ1v) is 12.9. The van der Waals surface area contributed by atoms with E-state index in [1.807, 2.05) is 6.07 Å². The third-order valence-electron chi connectivity index (χ3n) is 6.50. The normalized spacial score (nSPS) is 18.9. The number of nitrogens with zero attached hydrogens (tertiary/aromatic N) is 3. The van der Waals surface area contributed by atoms with Crippen LogP contribution in [0.3, 0.4) is 0 Å². The summed E-state index contributed by atoms with van der Waals surface area (Å²) in [7, 11) is -3.88. The van der Waals surface area contributed by atoms with E-state index in [9.17, 15) is 17.6 Å². The monoisotopic (exact) mass is 474 g/mol. The van der Waals surface area contributed by atoms with Gasteiger partial charge in [0.25, 0.3) is 0 Å². The molecule has 2 heterocycles. The second-order valence-electron chi connectivity index (χ2n) is 8.56. The molecule has 0 spiro atoms. The molecule has 1 amide bonds. The average molecular weight is 475 g/mol. The van der Waals surface area contributed by atoms with Crippen molar-refractivity contribution in [1.29, 1.82) is 0 Å². The van der Waals surface area contributed by atoms with E-state index >= 15 is 0 Å². The number of amides is 1. The molecule has 2 aromatic carbocycles. The van der Waals surface area contributed by atoms with Gasteiger partial charge in [-0.3, -0.25) is 9.69 Å². The zero-order valence-corrected chi connectivity index (χ0v) is 19.5. The molecular weight excluding hydrogens is 443 g/mol. The van der Waals surface area contributed by atoms with Crippen LogP contribution in [0.4, 0.5) is 10.1 Å². The fourth-order valence-electron chi connectivity index (χ4n) is 4.50. The number of hydrogen-bond acceptors (Lipinski definition) is 5. The Labute approximate surface area is 195 Å². The van der Waals surface area contributed by atoms with Crippen molar-refractivity contribution >= 4 is 21.6 Å². The van der Waals surface area contributed by atoms with E-state index in [-0.39, 0.29) is 29.8 Å². The number of para-hydroxylation sites is 1. The molecule has 0 saturated carbocycles. The van der Waals surface area contributed by atoms with Gasteiger partial charge in [-0.15, -0.1) is 0 Å². The van der Waals surface area contributed by atoms with E-state index < -0.39 is 15.8 Å². The van der Waals surface area contributed by atoms with E-state index in [1.54, 1.807) is 0 Å². The maximum atomic E-state index is 14.0. The number of sulfonamides is 1. The van der Waals surface area contributed by atoms with Crippen LogP contribution in [0.5, 0.6) is 0 Å². The van der Waals surface area contributed by atoms with Gasteiger partial charge in [0.1, 0.15) is 10.7 Å². The van der Waals surface area contributed by atoms with E-state index in [0.29, 0.717) is 19.4 Å². The highest BCUT2D eigenvalue weighted by Gasteiger charge is 2.33. The lowest BCUT2D eigenvalue weighted by molar-refractivity contribution is -0.126. The highest BCUT2D eigenvalue weighted by Crippen LogP contribution is 2.25. The molecule has 0 bridgehead atoms. The van der Waals surface area contributed by atoms with Gasteiger partial charge in [-0.1, -0.05) is 30.3 Å². The third-order valence-corrected chi connectivity index (χ3v) is 8.43. The molecule has 7 nitrogen and oxygen atoms in total. The van der Waals surface area contributed by atoms with Crippen molar-refractivity contribution in [3.05, 3.63) is 60.4 Å². The number of carbonyl (C=O) groups excluding carboxylic acids is 1. The van der Waals surface area contributed by atoms with Crippen molar-refractivity contribution in [3.8, 4) is 0 Å². The maximum Gasteiger partial charge on any atom is 0.245 e. The summed E-state index contributed by atoms with van der Waals surface area (Å²) in [4.78, 5) is 17.0. The van der Waals surface area contributed by atoms with E-state index in [1.165, 1.54) is 28.2 Å². The summed E-state index contributed by atoms with van der Waals surface area (Å²) in [5.41, 5.74) is 1.24. The molecule has 0 unspecified atom stereocenters. The van der Waals surface area contributed by atoms with Crippen LogP contribution in [0.2, 0.25) is 0 Å². The van der Waals surface area contributed by atoms with Crippen LogP contribution in [0.1, 0.15) is 12.8 Å². The zero-order valence-electron chi connectivity index (χ0n) is 18.7. The Morgan fingerprint density at radius 3 is 2.21 bits per heavy atom. The van der Waals surface area contributed by atoms with Gasteiger partial charge in [-0.05, 0) is 37.1 Å². The van der Waals surface area contributed by atoms with E-state index in [4.69, 9.17) is 0 Å². The highest BCUT2D eigenvalue weighted by atomic mass is 32.2. The molecule has 9 heteroatoms. The number of rotatable bonds is 7. The summed E-state index contributed by atoms with van der Waals surface area (Å²) < 4.78 is 40.7. The lowest BCUT2D eigenvalue weighted by Gasteiger charge is -2.36. The van der Waals surface area contributed by atoms with Gasteiger partial charge >= 0.3 is 0 Å². The Kier molecular flexibility index (Phi) is 7.62. The molecule has 33 heavy (non-hydrogen) atoms. The second kappa shape index (κ2) is 10.6. The predicted octanol–water partition coefficient (Wildman–Crippen LogP) is 2.16. The van der Waals surface area contributed by atoms with E-state index in [0.717, 1.165) is 38.8 Å². The largest absolute Gasteiger partial charge is 0.369 e. The second-order valence-corrected chi connectivity index (χ2v) is 10.5. The highest BCUT2D eigenvalue weighted by molar-refractivity contribution is 7.89. The Balaban J connectivity index is 1.18. The summed E-state index contributed by atoms with van der Waals surface area (Å²) in [5, 5.41) is 3.01. The van der Waals surface area contributed by atoms with Crippen LogP contribution in [0.15, 0.2) is 59.5 Å². The van der Waals surface area contributed by atoms with Crippen molar-refractivity contribution < 1.29 is 17.6 Å². The van der Waals surface area contributed by atoms with Crippen LogP contribution in [-0.2, 0) is 14.8 Å². The van der Waals surface area contributed by atoms with E-state index in [2.05, 4.69) is 39.4 Å². The van der Waals surface area contributed by atoms with Gasteiger partial charge in [-0.2, -0.15) is 4.31 Å². The van der Waals surface area contributed by atoms with Crippen molar-refractivity contribution in [3.63, 3.8) is 0 Å². The third kappa shape index (κ3) is 5.72. The SMILES string of the molecule is O=C(NCCN1CCN(c2ccccc2)CC1)C1CCN(S(=O)(=O)c2ccccc2F)CC1. The molecular formula is C24H31FN4O3S. The number of carbonyl (C=O) groups is 1. The Morgan fingerprint density at radius 2 is 1.55 bits per heavy atom. The Bertz CT molecular complexity index is 1030. The molecule has 0 radical (unpaired) electrons. The van der Waals surface area contributed by atoms with Gasteiger partial charge in [-0.25, -0.2) is 12.8 Å². The Hall–Kier alpha value is -2.49. The smallest absolute Gasteiger partial charge is 0.245 e. The van der Waals surface area contributed by atoms with Crippen LogP contribution in [0.25, 0.3) is 0 Å². The predicted molar refractivity (Wildman–Crippen MR) is 126 cm³/mol. The summed E-state index contributed by atoms with van der Waals surface area (Å²) >= 11 is 0. The van der Waals surface area contributed by atoms with Crippen LogP contribution in [-0.4, -0.2) is 75.9 Å². The first-order chi connectivity index (χ1) is 15.9. The maximum absolute atomic E-state index is 14.0. The number of anilines is 1. The molecule has 2 fully saturated rings. The van der Waals surface area contributed by atoms with Crippen LogP contribution in [0, 0.1) is 11.7 Å². The molecule has 2 aliphatic rings. The summed E-state index contributed by atoms with van der Waals surface area (Å²) in [6, 6.07) is 15.8. The minimum atomic E-state index is -3.88. The zero-order chi connectivity index (χ0) is 23.3. The molecule has 2 aromatic rings. The van der Waals surface area contributed by atoms with Crippen LogP contribution >= 0.6 is 0 Å². The number of hydrogen-bond donors (Lipinski definition) is 1. The molecule has 1 N–H and O–H groups in total. The van der Waals surface area contributed by atoms with Crippen molar-refractivity contribution in [2.45, 2.75) is 17.7 Å². The number of piperazine rings is 1. The van der Waals surface area contributed by atoms with Gasteiger partial charge in [0, 0.05) is 64.0 Å². The van der Waals surface area contributed by atoms with Crippen LogP contribution < -0.4 is 10.2 Å². The standard InChI is InChI=1S/C24H31FN4O3S/c25-22-8-4-5-9-23(22)33(31,32)29-13-10-20(11-14-29)24(30)26-12-15-27-16-18-28(19-17-27)21-6-2-1-3-7-21/h1-9,20H,10-19H2,(H,26,30). The topological polar surface area (TPSA) is 73.0 Å². The van der Waals surface area contributed by atoms with Gasteiger partial charge < -0.3 is 10.2 Å². The minimum Gasteiger partial charge on any atom is -0.369 e. The molecule has 0 atom stereocenters. The average Bonchev–Trinajstić information content (AvgIpc) is 2.85. The quantitative estimate of drug-likeness (QED) is 0.666. The minimum absolute atomic E-state index is 0.0270. The number of nitrogens with one attached hydrogen (secondary N) is 1. The lowest BCUT2D eigenvalue weighted by Crippen LogP contribution is -2.49. The van der Waals surface area contributed by atoms with Crippen molar-refractivity contribution in [1.82, 2.24) is 14.5 Å². The van der Waals surface area contributed by atoms with Crippen molar-refractivity contribution in [2.24, 2.45) is 5.92 Å². The van der Waals surface area contributed by atoms with Gasteiger partial charge in [0.2, 0.25) is 15.9 Å². The number of benzene rings is 2. The molecule has 2 saturated heterocycles. The summed E-state index contributed by atoms with van der Waals surface area (Å²) in [6.07, 6.45) is 0.879. The van der Waals surface area contributed by atoms with Crippen molar-refractivity contribution in [2.75, 3.05) is 57.3 Å².